The predicted molar refractivity (Wildman–Crippen MR) is 75.9 cm³/mol. The van der Waals surface area contributed by atoms with Crippen LogP contribution in [-0.4, -0.2) is 6.54 Å². The van der Waals surface area contributed by atoms with E-state index in [1.165, 1.54) is 0 Å². The van der Waals surface area contributed by atoms with Crippen molar-refractivity contribution in [2.24, 2.45) is 5.41 Å². The first-order chi connectivity index (χ1) is 7.35. The van der Waals surface area contributed by atoms with E-state index >= 15 is 0 Å². The molecule has 90 valence electrons. The highest BCUT2D eigenvalue weighted by Crippen LogP contribution is 2.29. The van der Waals surface area contributed by atoms with Crippen LogP contribution in [0.15, 0.2) is 16.6 Å². The lowest BCUT2D eigenvalue weighted by Gasteiger charge is -2.24. The molecule has 0 atom stereocenters. The molecule has 16 heavy (non-hydrogen) atoms. The van der Waals surface area contributed by atoms with Gasteiger partial charge in [-0.15, -0.1) is 0 Å². The van der Waals surface area contributed by atoms with Crippen LogP contribution in [0, 0.1) is 12.3 Å². The molecule has 0 saturated heterocycles. The van der Waals surface area contributed by atoms with E-state index in [4.69, 9.17) is 5.73 Å². The van der Waals surface area contributed by atoms with Gasteiger partial charge in [0, 0.05) is 22.4 Å². The molecule has 0 spiro atoms. The molecule has 0 saturated carbocycles. The maximum absolute atomic E-state index is 5.84. The van der Waals surface area contributed by atoms with E-state index in [9.17, 15) is 0 Å². The Bertz CT molecular complexity index is 372. The standard InChI is InChI=1S/C13H21BrN2/c1-5-13(3,4)8-16-12-6-9(2)11(15)7-10(12)14/h6-7,16H,5,8,15H2,1-4H3. The highest BCUT2D eigenvalue weighted by molar-refractivity contribution is 9.10. The van der Waals surface area contributed by atoms with E-state index in [1.807, 2.05) is 13.0 Å². The first kappa shape index (κ1) is 13.4. The average molecular weight is 285 g/mol. The van der Waals surface area contributed by atoms with E-state index in [0.717, 1.165) is 34.4 Å². The second kappa shape index (κ2) is 5.09. The SMILES string of the molecule is CCC(C)(C)CNc1cc(C)c(N)cc1Br. The molecule has 2 nitrogen and oxygen atoms in total. The Kier molecular flexibility index (Phi) is 4.25. The minimum atomic E-state index is 0.314. The van der Waals surface area contributed by atoms with E-state index in [1.54, 1.807) is 0 Å². The third-order valence-electron chi connectivity index (χ3n) is 3.07. The highest BCUT2D eigenvalue weighted by Gasteiger charge is 2.15. The summed E-state index contributed by atoms with van der Waals surface area (Å²) in [6.07, 6.45) is 1.16. The van der Waals surface area contributed by atoms with Crippen molar-refractivity contribution >= 4 is 27.3 Å². The molecule has 1 rings (SSSR count). The Hall–Kier alpha value is -0.700. The minimum Gasteiger partial charge on any atom is -0.398 e. The normalized spacial score (nSPS) is 11.6. The lowest BCUT2D eigenvalue weighted by molar-refractivity contribution is 0.377. The van der Waals surface area contributed by atoms with Gasteiger partial charge in [0.2, 0.25) is 0 Å². The Morgan fingerprint density at radius 3 is 2.56 bits per heavy atom. The van der Waals surface area contributed by atoms with E-state index in [0.29, 0.717) is 5.41 Å². The van der Waals surface area contributed by atoms with Crippen molar-refractivity contribution in [2.75, 3.05) is 17.6 Å². The van der Waals surface area contributed by atoms with E-state index in [-0.39, 0.29) is 0 Å². The van der Waals surface area contributed by atoms with Gasteiger partial charge in [-0.2, -0.15) is 0 Å². The topological polar surface area (TPSA) is 38.0 Å². The molecule has 0 unspecified atom stereocenters. The third kappa shape index (κ3) is 3.41. The zero-order valence-corrected chi connectivity index (χ0v) is 12.1. The molecular weight excluding hydrogens is 264 g/mol. The Morgan fingerprint density at radius 2 is 2.00 bits per heavy atom. The summed E-state index contributed by atoms with van der Waals surface area (Å²) in [5.41, 5.74) is 9.21. The zero-order valence-electron chi connectivity index (χ0n) is 10.5. The molecule has 0 radical (unpaired) electrons. The van der Waals surface area contributed by atoms with Crippen molar-refractivity contribution in [3.05, 3.63) is 22.2 Å². The van der Waals surface area contributed by atoms with Crippen molar-refractivity contribution in [1.82, 2.24) is 0 Å². The maximum Gasteiger partial charge on any atom is 0.0489 e. The maximum atomic E-state index is 5.84. The molecular formula is C13H21BrN2. The summed E-state index contributed by atoms with van der Waals surface area (Å²) < 4.78 is 1.03. The molecule has 1 aromatic rings. The van der Waals surface area contributed by atoms with Gasteiger partial charge in [-0.05, 0) is 52.4 Å². The molecule has 0 amide bonds. The molecule has 0 heterocycles. The van der Waals surface area contributed by atoms with Gasteiger partial charge in [-0.3, -0.25) is 0 Å². The van der Waals surface area contributed by atoms with Gasteiger partial charge in [0.25, 0.3) is 0 Å². The fourth-order valence-corrected chi connectivity index (χ4v) is 1.79. The number of benzene rings is 1. The van der Waals surface area contributed by atoms with Crippen LogP contribution in [0.25, 0.3) is 0 Å². The third-order valence-corrected chi connectivity index (χ3v) is 3.73. The number of nitrogen functional groups attached to an aromatic ring is 1. The van der Waals surface area contributed by atoms with Gasteiger partial charge in [0.05, 0.1) is 0 Å². The molecule has 0 aromatic heterocycles. The zero-order chi connectivity index (χ0) is 12.3. The first-order valence-corrected chi connectivity index (χ1v) is 6.44. The van der Waals surface area contributed by atoms with Crippen LogP contribution in [0.5, 0.6) is 0 Å². The van der Waals surface area contributed by atoms with Crippen molar-refractivity contribution < 1.29 is 0 Å². The van der Waals surface area contributed by atoms with Crippen LogP contribution in [-0.2, 0) is 0 Å². The van der Waals surface area contributed by atoms with Gasteiger partial charge < -0.3 is 11.1 Å². The van der Waals surface area contributed by atoms with Crippen molar-refractivity contribution in [1.29, 1.82) is 0 Å². The van der Waals surface area contributed by atoms with Crippen LogP contribution in [0.4, 0.5) is 11.4 Å². The molecule has 3 N–H and O–H groups in total. The summed E-state index contributed by atoms with van der Waals surface area (Å²) in [6.45, 7) is 9.73. The molecule has 0 aliphatic heterocycles. The molecule has 0 bridgehead atoms. The van der Waals surface area contributed by atoms with Gasteiger partial charge in [0.1, 0.15) is 0 Å². The van der Waals surface area contributed by atoms with Crippen LogP contribution in [0.3, 0.4) is 0 Å². The molecule has 0 fully saturated rings. The van der Waals surface area contributed by atoms with Gasteiger partial charge in [0.15, 0.2) is 0 Å². The Balaban J connectivity index is 2.79. The van der Waals surface area contributed by atoms with Crippen LogP contribution < -0.4 is 11.1 Å². The van der Waals surface area contributed by atoms with Crippen LogP contribution >= 0.6 is 15.9 Å². The molecule has 0 aliphatic rings. The number of nitrogens with two attached hydrogens (primary N) is 1. The fourth-order valence-electron chi connectivity index (χ4n) is 1.29. The van der Waals surface area contributed by atoms with Crippen LogP contribution in [0.1, 0.15) is 32.8 Å². The van der Waals surface area contributed by atoms with Crippen molar-refractivity contribution in [3.63, 3.8) is 0 Å². The van der Waals surface area contributed by atoms with Crippen molar-refractivity contribution in [2.45, 2.75) is 34.1 Å². The molecule has 1 aromatic carbocycles. The van der Waals surface area contributed by atoms with E-state index in [2.05, 4.69) is 48.1 Å². The number of hydrogen-bond acceptors (Lipinski definition) is 2. The smallest absolute Gasteiger partial charge is 0.0489 e. The number of nitrogens with one attached hydrogen (secondary N) is 1. The summed E-state index contributed by atoms with van der Waals surface area (Å²) in [7, 11) is 0. The largest absolute Gasteiger partial charge is 0.398 e. The van der Waals surface area contributed by atoms with Gasteiger partial charge in [-0.25, -0.2) is 0 Å². The Morgan fingerprint density at radius 1 is 1.38 bits per heavy atom. The first-order valence-electron chi connectivity index (χ1n) is 5.65. The quantitative estimate of drug-likeness (QED) is 0.814. The van der Waals surface area contributed by atoms with E-state index < -0.39 is 0 Å². The average Bonchev–Trinajstić information content (AvgIpc) is 2.22. The van der Waals surface area contributed by atoms with Gasteiger partial charge in [-0.1, -0.05) is 20.8 Å². The lowest BCUT2D eigenvalue weighted by Crippen LogP contribution is -2.22. The lowest BCUT2D eigenvalue weighted by atomic mass is 9.90. The number of anilines is 2. The summed E-state index contributed by atoms with van der Waals surface area (Å²) in [6, 6.07) is 4.04. The second-order valence-corrected chi connectivity index (χ2v) is 5.91. The number of aryl methyl sites for hydroxylation is 1. The monoisotopic (exact) mass is 284 g/mol. The number of hydrogen-bond donors (Lipinski definition) is 2. The summed E-state index contributed by atoms with van der Waals surface area (Å²) in [5.74, 6) is 0. The van der Waals surface area contributed by atoms with Crippen LogP contribution in [0.2, 0.25) is 0 Å². The summed E-state index contributed by atoms with van der Waals surface area (Å²) in [5, 5.41) is 3.47. The predicted octanol–water partition coefficient (Wildman–Crippen LogP) is 4.19. The Labute approximate surface area is 107 Å². The molecule has 0 aliphatic carbocycles. The molecule has 3 heteroatoms. The second-order valence-electron chi connectivity index (χ2n) is 5.06. The minimum absolute atomic E-state index is 0.314. The summed E-state index contributed by atoms with van der Waals surface area (Å²) >= 11 is 3.53. The fraction of sp³-hybridized carbons (Fsp3) is 0.538. The highest BCUT2D eigenvalue weighted by atomic mass is 79.9. The number of halogens is 1. The van der Waals surface area contributed by atoms with Crippen molar-refractivity contribution in [3.8, 4) is 0 Å². The van der Waals surface area contributed by atoms with Gasteiger partial charge >= 0.3 is 0 Å². The summed E-state index contributed by atoms with van der Waals surface area (Å²) in [4.78, 5) is 0. The number of rotatable bonds is 4.